The summed E-state index contributed by atoms with van der Waals surface area (Å²) in [5.41, 5.74) is 2.04. The van der Waals surface area contributed by atoms with E-state index in [0.717, 1.165) is 29.7 Å². The molecule has 0 bridgehead atoms. The number of fused-ring (bicyclic) bond motifs is 1. The van der Waals surface area contributed by atoms with Crippen molar-refractivity contribution in [2.75, 3.05) is 26.9 Å². The minimum absolute atomic E-state index is 0.0550. The number of carbonyl (C=O) groups is 1. The number of amides is 1. The maximum absolute atomic E-state index is 12.6. The predicted molar refractivity (Wildman–Crippen MR) is 130 cm³/mol. The molecule has 34 heavy (non-hydrogen) atoms. The van der Waals surface area contributed by atoms with Gasteiger partial charge in [0, 0.05) is 30.7 Å². The predicted octanol–water partition coefficient (Wildman–Crippen LogP) is 3.16. The van der Waals surface area contributed by atoms with Gasteiger partial charge in [0.15, 0.2) is 0 Å². The molecule has 0 spiro atoms. The molecule has 0 saturated carbocycles. The fourth-order valence-corrected chi connectivity index (χ4v) is 4.91. The van der Waals surface area contributed by atoms with Crippen molar-refractivity contribution >= 4 is 17.5 Å². The Morgan fingerprint density at radius 2 is 1.97 bits per heavy atom. The van der Waals surface area contributed by atoms with Gasteiger partial charge in [-0.25, -0.2) is 0 Å². The Labute approximate surface area is 205 Å². The third kappa shape index (κ3) is 6.71. The lowest BCUT2D eigenvalue weighted by Gasteiger charge is -2.44. The molecule has 4 atom stereocenters. The lowest BCUT2D eigenvalue weighted by Crippen LogP contribution is -2.55. The Kier molecular flexibility index (Phi) is 8.80. The Morgan fingerprint density at radius 1 is 1.18 bits per heavy atom. The van der Waals surface area contributed by atoms with Crippen molar-refractivity contribution in [2.24, 2.45) is 0 Å². The van der Waals surface area contributed by atoms with Gasteiger partial charge in [0.25, 0.3) is 0 Å². The van der Waals surface area contributed by atoms with Gasteiger partial charge < -0.3 is 24.6 Å². The largest absolute Gasteiger partial charge is 0.497 e. The molecule has 0 aliphatic carbocycles. The van der Waals surface area contributed by atoms with Gasteiger partial charge in [-0.15, -0.1) is 0 Å². The average molecular weight is 489 g/mol. The number of β-amino-alcohol motifs (C(OH)–C–C–N with tert-alkyl or cyclic N) is 1. The number of hydrogen-bond acceptors (Lipinski definition) is 6. The number of aliphatic hydroxyl groups is 1. The quantitative estimate of drug-likeness (QED) is 0.623. The summed E-state index contributed by atoms with van der Waals surface area (Å²) in [6, 6.07) is 15.6. The van der Waals surface area contributed by atoms with E-state index in [1.165, 1.54) is 0 Å². The number of ether oxygens (including phenoxy) is 3. The lowest BCUT2D eigenvalue weighted by atomic mass is 9.94. The van der Waals surface area contributed by atoms with Gasteiger partial charge in [-0.1, -0.05) is 41.9 Å². The highest BCUT2D eigenvalue weighted by Crippen LogP contribution is 2.29. The molecule has 2 heterocycles. The van der Waals surface area contributed by atoms with E-state index in [0.29, 0.717) is 37.7 Å². The number of aliphatic hydroxyl groups excluding tert-OH is 1. The van der Waals surface area contributed by atoms with Crippen LogP contribution in [-0.2, 0) is 27.4 Å². The monoisotopic (exact) mass is 488 g/mol. The van der Waals surface area contributed by atoms with Crippen molar-refractivity contribution in [3.05, 3.63) is 64.7 Å². The van der Waals surface area contributed by atoms with Crippen LogP contribution in [0.15, 0.2) is 48.5 Å². The van der Waals surface area contributed by atoms with E-state index in [2.05, 4.69) is 10.2 Å². The summed E-state index contributed by atoms with van der Waals surface area (Å²) in [4.78, 5) is 14.8. The number of methoxy groups -OCH3 is 1. The molecular weight excluding hydrogens is 456 g/mol. The van der Waals surface area contributed by atoms with Crippen molar-refractivity contribution in [1.82, 2.24) is 10.2 Å². The molecule has 4 rings (SSSR count). The number of nitrogens with zero attached hydrogens (tertiary/aromatic N) is 1. The smallest absolute Gasteiger partial charge is 0.222 e. The molecule has 2 aromatic rings. The van der Waals surface area contributed by atoms with Crippen LogP contribution in [0.4, 0.5) is 0 Å². The van der Waals surface area contributed by atoms with E-state index in [4.69, 9.17) is 25.8 Å². The second-order valence-corrected chi connectivity index (χ2v) is 9.39. The molecule has 2 aromatic carbocycles. The second kappa shape index (κ2) is 12.0. The second-order valence-electron chi connectivity index (χ2n) is 8.98. The van der Waals surface area contributed by atoms with Crippen molar-refractivity contribution in [1.29, 1.82) is 0 Å². The molecule has 2 aliphatic rings. The molecule has 184 valence electrons. The van der Waals surface area contributed by atoms with Gasteiger partial charge in [-0.2, -0.15) is 0 Å². The Hall–Kier alpha value is -2.16. The van der Waals surface area contributed by atoms with Crippen LogP contribution in [-0.4, -0.2) is 67.1 Å². The SMILES string of the molecule is COc1ccc(CN2C[C@@H](O)COC[C@H]3O[C@@H](CC(=O)NCc4ccccc4Cl)CC[C@@H]32)cc1. The first-order valence-corrected chi connectivity index (χ1v) is 12.2. The van der Waals surface area contributed by atoms with Gasteiger partial charge in [0.2, 0.25) is 5.91 Å². The van der Waals surface area contributed by atoms with E-state index in [1.54, 1.807) is 7.11 Å². The van der Waals surface area contributed by atoms with Crippen LogP contribution in [0.3, 0.4) is 0 Å². The van der Waals surface area contributed by atoms with Crippen molar-refractivity contribution in [3.63, 3.8) is 0 Å². The topological polar surface area (TPSA) is 80.3 Å². The zero-order valence-electron chi connectivity index (χ0n) is 19.5. The molecule has 2 aliphatic heterocycles. The maximum Gasteiger partial charge on any atom is 0.222 e. The van der Waals surface area contributed by atoms with Crippen molar-refractivity contribution in [3.8, 4) is 5.75 Å². The summed E-state index contributed by atoms with van der Waals surface area (Å²) in [6.07, 6.45) is 1.08. The summed E-state index contributed by atoms with van der Waals surface area (Å²) in [6.45, 7) is 2.29. The molecule has 2 saturated heterocycles. The van der Waals surface area contributed by atoms with E-state index >= 15 is 0 Å². The first-order chi connectivity index (χ1) is 16.5. The molecule has 8 heteroatoms. The minimum atomic E-state index is -0.549. The van der Waals surface area contributed by atoms with E-state index in [9.17, 15) is 9.90 Å². The zero-order chi connectivity index (χ0) is 23.9. The molecule has 1 amide bonds. The van der Waals surface area contributed by atoms with Gasteiger partial charge in [0.1, 0.15) is 5.75 Å². The van der Waals surface area contributed by atoms with Crippen LogP contribution >= 0.6 is 11.6 Å². The van der Waals surface area contributed by atoms with Crippen LogP contribution in [0.25, 0.3) is 0 Å². The average Bonchev–Trinajstić information content (AvgIpc) is 2.83. The van der Waals surface area contributed by atoms with Crippen LogP contribution in [0.2, 0.25) is 5.02 Å². The number of rotatable bonds is 7. The standard InChI is InChI=1S/C26H33ClN2O5/c1-32-21-8-6-18(7-9-21)14-29-15-20(30)16-33-17-25-24(29)11-10-22(34-25)12-26(31)28-13-19-4-2-3-5-23(19)27/h2-9,20,22,24-25,30H,10-17H2,1H3,(H,28,31)/t20-,22-,24+,25-/m1/s1. The van der Waals surface area contributed by atoms with Gasteiger partial charge in [0.05, 0.1) is 45.1 Å². The minimum Gasteiger partial charge on any atom is -0.497 e. The Balaban J connectivity index is 1.35. The molecule has 2 N–H and O–H groups in total. The summed E-state index contributed by atoms with van der Waals surface area (Å²) in [7, 11) is 1.65. The molecule has 2 fully saturated rings. The molecule has 7 nitrogen and oxygen atoms in total. The molecule has 0 aromatic heterocycles. The highest BCUT2D eigenvalue weighted by molar-refractivity contribution is 6.31. The van der Waals surface area contributed by atoms with E-state index < -0.39 is 6.10 Å². The van der Waals surface area contributed by atoms with Gasteiger partial charge in [-0.05, 0) is 42.2 Å². The van der Waals surface area contributed by atoms with Gasteiger partial charge >= 0.3 is 0 Å². The fourth-order valence-electron chi connectivity index (χ4n) is 4.71. The van der Waals surface area contributed by atoms with Crippen molar-refractivity contribution in [2.45, 2.75) is 56.7 Å². The molecule has 0 radical (unpaired) electrons. The third-order valence-electron chi connectivity index (χ3n) is 6.48. The summed E-state index contributed by atoms with van der Waals surface area (Å²) in [5.74, 6) is 0.764. The van der Waals surface area contributed by atoms with Crippen LogP contribution in [0, 0.1) is 0 Å². The normalized spacial score (nSPS) is 25.6. The number of nitrogens with one attached hydrogen (secondary N) is 1. The molecular formula is C26H33ClN2O5. The fraction of sp³-hybridized carbons (Fsp3) is 0.500. The van der Waals surface area contributed by atoms with Crippen molar-refractivity contribution < 1.29 is 24.1 Å². The number of hydrogen-bond donors (Lipinski definition) is 2. The van der Waals surface area contributed by atoms with E-state index in [1.807, 2.05) is 48.5 Å². The summed E-state index contributed by atoms with van der Waals surface area (Å²) in [5, 5.41) is 14.0. The van der Waals surface area contributed by atoms with Crippen LogP contribution in [0.1, 0.15) is 30.4 Å². The van der Waals surface area contributed by atoms with E-state index in [-0.39, 0.29) is 30.8 Å². The zero-order valence-corrected chi connectivity index (χ0v) is 20.2. The summed E-state index contributed by atoms with van der Waals surface area (Å²) >= 11 is 6.18. The number of carbonyl (C=O) groups excluding carboxylic acids is 1. The maximum atomic E-state index is 12.6. The number of halogens is 1. The highest BCUT2D eigenvalue weighted by atomic mass is 35.5. The lowest BCUT2D eigenvalue weighted by molar-refractivity contribution is -0.158. The number of benzene rings is 2. The Morgan fingerprint density at radius 3 is 2.74 bits per heavy atom. The van der Waals surface area contributed by atoms with Crippen LogP contribution < -0.4 is 10.1 Å². The third-order valence-corrected chi connectivity index (χ3v) is 6.85. The first-order valence-electron chi connectivity index (χ1n) is 11.8. The first kappa shape index (κ1) is 24.9. The van der Waals surface area contributed by atoms with Crippen LogP contribution in [0.5, 0.6) is 5.75 Å². The van der Waals surface area contributed by atoms with Gasteiger partial charge in [-0.3, -0.25) is 9.69 Å². The Bertz CT molecular complexity index is 941. The summed E-state index contributed by atoms with van der Waals surface area (Å²) < 4.78 is 17.3. The molecule has 0 unspecified atom stereocenters. The highest BCUT2D eigenvalue weighted by Gasteiger charge is 2.38.